The second-order valence-electron chi connectivity index (χ2n) is 23.3. The van der Waals surface area contributed by atoms with Gasteiger partial charge in [-0.3, -0.25) is 0 Å². The average Bonchev–Trinajstić information content (AvgIpc) is 4.08. The Hall–Kier alpha value is -9.77. The van der Waals surface area contributed by atoms with Gasteiger partial charge in [0, 0.05) is 49.7 Å². The minimum atomic E-state index is -0.156. The Balaban J connectivity index is 1.23. The van der Waals surface area contributed by atoms with Gasteiger partial charge in [0.2, 0.25) is 0 Å². The first-order valence-corrected chi connectivity index (χ1v) is 28.1. The van der Waals surface area contributed by atoms with Crippen molar-refractivity contribution in [3.8, 4) is 107 Å². The SMILES string of the molecule is CC(C)(C)c1cc(-c2ccccc2)c2c(c1)c1cc(C(C)(C)C)cc(-c3ccccc3)c1n2-c1c(-c2ccc(-c3ccccc3)cc2)cc(-c2nc(-c3ccccc3)nc(-c3ccccc3)n2)cc1-c1ccc(-c2ccccc2)cc1. The lowest BCUT2D eigenvalue weighted by molar-refractivity contribution is 0.590. The third-order valence-corrected chi connectivity index (χ3v) is 15.8. The van der Waals surface area contributed by atoms with E-state index >= 15 is 0 Å². The van der Waals surface area contributed by atoms with Crippen LogP contribution in [-0.4, -0.2) is 19.5 Å². The molecule has 4 nitrogen and oxygen atoms in total. The summed E-state index contributed by atoms with van der Waals surface area (Å²) in [5, 5.41) is 2.41. The van der Waals surface area contributed by atoms with E-state index in [0.717, 1.165) is 89.0 Å². The van der Waals surface area contributed by atoms with Crippen LogP contribution < -0.4 is 0 Å². The minimum absolute atomic E-state index is 0.156. The van der Waals surface area contributed by atoms with Gasteiger partial charge in [0.05, 0.1) is 16.7 Å². The molecule has 0 fully saturated rings. The highest BCUT2D eigenvalue weighted by molar-refractivity contribution is 6.19. The fourth-order valence-corrected chi connectivity index (χ4v) is 11.4. The predicted octanol–water partition coefficient (Wildman–Crippen LogP) is 20.6. The molecule has 0 atom stereocenters. The first kappa shape index (κ1) is 50.7. The van der Waals surface area contributed by atoms with E-state index in [9.17, 15) is 0 Å². The fraction of sp³-hybridized carbons (Fsp3) is 0.104. The lowest BCUT2D eigenvalue weighted by Gasteiger charge is -2.25. The normalized spacial score (nSPS) is 11.8. The van der Waals surface area contributed by atoms with Gasteiger partial charge in [-0.15, -0.1) is 0 Å². The summed E-state index contributed by atoms with van der Waals surface area (Å²) in [6.07, 6.45) is 0. The molecule has 13 rings (SSSR count). The first-order valence-electron chi connectivity index (χ1n) is 28.1. The Morgan fingerprint density at radius 3 is 0.827 bits per heavy atom. The molecule has 4 heteroatoms. The third kappa shape index (κ3) is 9.85. The standard InChI is InChI=1S/C77H62N4/c1-76(2,3)62-47-66(55-29-17-9-18-30-55)71-68(49-62)69-50-63(77(4,5)6)48-67(56-31-19-10-20-32-56)72(69)81(71)70-64(57-41-37-53(38-42-57)51-25-13-7-14-26-51)45-61(46-65(70)58-43-39-54(40-44-58)52-27-15-8-16-28-52)75-79-73(59-33-21-11-22-34-59)78-74(80-75)60-35-23-12-24-36-60/h7-50H,1-6H3. The Morgan fingerprint density at radius 2 is 0.506 bits per heavy atom. The number of fused-ring (bicyclic) bond motifs is 3. The van der Waals surface area contributed by atoms with Gasteiger partial charge < -0.3 is 4.57 Å². The number of rotatable bonds is 10. The molecule has 0 saturated carbocycles. The van der Waals surface area contributed by atoms with E-state index in [1.165, 1.54) is 33.0 Å². The number of benzene rings is 11. The molecular formula is C77H62N4. The van der Waals surface area contributed by atoms with Crippen LogP contribution in [0.2, 0.25) is 0 Å². The molecule has 0 aliphatic rings. The lowest BCUT2D eigenvalue weighted by atomic mass is 9.82. The van der Waals surface area contributed by atoms with Crippen molar-refractivity contribution >= 4 is 21.8 Å². The number of aromatic nitrogens is 4. The summed E-state index contributed by atoms with van der Waals surface area (Å²) in [6, 6.07) is 96.6. The van der Waals surface area contributed by atoms with Crippen LogP contribution >= 0.6 is 0 Å². The number of hydrogen-bond donors (Lipinski definition) is 0. The molecule has 0 spiro atoms. The van der Waals surface area contributed by atoms with E-state index in [2.05, 4.69) is 277 Å². The third-order valence-electron chi connectivity index (χ3n) is 15.8. The second kappa shape index (κ2) is 20.8. The summed E-state index contributed by atoms with van der Waals surface area (Å²) in [5.74, 6) is 1.80. The summed E-state index contributed by atoms with van der Waals surface area (Å²) >= 11 is 0. The van der Waals surface area contributed by atoms with E-state index < -0.39 is 0 Å². The molecule has 0 unspecified atom stereocenters. The molecule has 13 aromatic rings. The van der Waals surface area contributed by atoms with Gasteiger partial charge >= 0.3 is 0 Å². The minimum Gasteiger partial charge on any atom is -0.307 e. The van der Waals surface area contributed by atoms with Crippen LogP contribution in [0.25, 0.3) is 128 Å². The molecule has 0 saturated heterocycles. The molecule has 0 radical (unpaired) electrons. The van der Waals surface area contributed by atoms with Crippen molar-refractivity contribution in [2.45, 2.75) is 52.4 Å². The molecule has 0 bridgehead atoms. The summed E-state index contributed by atoms with van der Waals surface area (Å²) in [6.45, 7) is 14.0. The van der Waals surface area contributed by atoms with E-state index in [0.29, 0.717) is 17.5 Å². The van der Waals surface area contributed by atoms with Crippen molar-refractivity contribution in [3.05, 3.63) is 278 Å². The smallest absolute Gasteiger partial charge is 0.164 e. The van der Waals surface area contributed by atoms with Crippen molar-refractivity contribution in [2.75, 3.05) is 0 Å². The van der Waals surface area contributed by atoms with Gasteiger partial charge in [-0.05, 0) is 103 Å². The van der Waals surface area contributed by atoms with Crippen molar-refractivity contribution in [1.82, 2.24) is 19.5 Å². The van der Waals surface area contributed by atoms with Crippen LogP contribution in [0.5, 0.6) is 0 Å². The van der Waals surface area contributed by atoms with Crippen molar-refractivity contribution in [3.63, 3.8) is 0 Å². The van der Waals surface area contributed by atoms with Crippen LogP contribution in [0.1, 0.15) is 52.7 Å². The average molecular weight is 1040 g/mol. The van der Waals surface area contributed by atoms with Gasteiger partial charge in [-0.25, -0.2) is 15.0 Å². The van der Waals surface area contributed by atoms with Crippen molar-refractivity contribution in [1.29, 1.82) is 0 Å². The van der Waals surface area contributed by atoms with Crippen LogP contribution in [0.4, 0.5) is 0 Å². The largest absolute Gasteiger partial charge is 0.307 e. The molecule has 2 aromatic heterocycles. The maximum absolute atomic E-state index is 5.41. The molecule has 11 aromatic carbocycles. The Morgan fingerprint density at radius 1 is 0.247 bits per heavy atom. The maximum atomic E-state index is 5.41. The highest BCUT2D eigenvalue weighted by atomic mass is 15.0. The first-order chi connectivity index (χ1) is 39.4. The van der Waals surface area contributed by atoms with E-state index in [1.807, 2.05) is 36.4 Å². The van der Waals surface area contributed by atoms with Crippen LogP contribution in [0, 0.1) is 0 Å². The van der Waals surface area contributed by atoms with Crippen molar-refractivity contribution < 1.29 is 0 Å². The van der Waals surface area contributed by atoms with E-state index in [1.54, 1.807) is 0 Å². The molecule has 0 N–H and O–H groups in total. The van der Waals surface area contributed by atoms with Gasteiger partial charge in [0.15, 0.2) is 17.5 Å². The Kier molecular flexibility index (Phi) is 13.0. The maximum Gasteiger partial charge on any atom is 0.164 e. The number of nitrogens with zero attached hydrogens (tertiary/aromatic N) is 4. The molecule has 0 amide bonds. The zero-order valence-corrected chi connectivity index (χ0v) is 46.7. The summed E-state index contributed by atoms with van der Waals surface area (Å²) in [7, 11) is 0. The monoisotopic (exact) mass is 1040 g/mol. The molecular weight excluding hydrogens is 981 g/mol. The molecule has 81 heavy (non-hydrogen) atoms. The number of hydrogen-bond acceptors (Lipinski definition) is 3. The second-order valence-corrected chi connectivity index (χ2v) is 23.3. The van der Waals surface area contributed by atoms with Crippen LogP contribution in [0.15, 0.2) is 267 Å². The lowest BCUT2D eigenvalue weighted by Crippen LogP contribution is -2.11. The molecule has 0 aliphatic heterocycles. The van der Waals surface area contributed by atoms with Gasteiger partial charge in [-0.2, -0.15) is 0 Å². The highest BCUT2D eigenvalue weighted by Gasteiger charge is 2.30. The molecule has 0 aliphatic carbocycles. The summed E-state index contributed by atoms with van der Waals surface area (Å²) in [4.78, 5) is 16.0. The van der Waals surface area contributed by atoms with Gasteiger partial charge in [-0.1, -0.05) is 272 Å². The molecule has 390 valence electrons. The zero-order chi connectivity index (χ0) is 55.2. The molecule has 2 heterocycles. The predicted molar refractivity (Wildman–Crippen MR) is 340 cm³/mol. The van der Waals surface area contributed by atoms with Gasteiger partial charge in [0.25, 0.3) is 0 Å². The summed E-state index contributed by atoms with van der Waals surface area (Å²) in [5.41, 5.74) is 21.7. The topological polar surface area (TPSA) is 43.6 Å². The Labute approximate surface area is 475 Å². The van der Waals surface area contributed by atoms with E-state index in [-0.39, 0.29) is 10.8 Å². The van der Waals surface area contributed by atoms with Gasteiger partial charge in [0.1, 0.15) is 0 Å². The Bertz CT molecular complexity index is 4110. The van der Waals surface area contributed by atoms with E-state index in [4.69, 9.17) is 15.0 Å². The highest BCUT2D eigenvalue weighted by Crippen LogP contribution is 2.50. The fourth-order valence-electron chi connectivity index (χ4n) is 11.4. The van der Waals surface area contributed by atoms with Crippen molar-refractivity contribution in [2.24, 2.45) is 0 Å². The zero-order valence-electron chi connectivity index (χ0n) is 46.7. The quantitative estimate of drug-likeness (QED) is 0.137. The summed E-state index contributed by atoms with van der Waals surface area (Å²) < 4.78 is 2.64. The van der Waals surface area contributed by atoms with Crippen LogP contribution in [-0.2, 0) is 10.8 Å². The van der Waals surface area contributed by atoms with Crippen LogP contribution in [0.3, 0.4) is 0 Å².